The van der Waals surface area contributed by atoms with Gasteiger partial charge in [-0.25, -0.2) is 4.39 Å². The average Bonchev–Trinajstić information content (AvgIpc) is 2.18. The standard InChI is InChI=1S/C10H13BrFN3/c1-13-10(14-2)15-6-7-3-8(11)5-9(12)4-7/h3-5H,6H2,1-2H3,(H2,13,14,15). The highest BCUT2D eigenvalue weighted by Gasteiger charge is 1.99. The molecule has 2 N–H and O–H groups in total. The van der Waals surface area contributed by atoms with Crippen LogP contribution in [0.15, 0.2) is 27.7 Å². The minimum Gasteiger partial charge on any atom is -0.359 e. The largest absolute Gasteiger partial charge is 0.359 e. The van der Waals surface area contributed by atoms with Crippen molar-refractivity contribution in [1.82, 2.24) is 10.6 Å². The number of hydrogen-bond donors (Lipinski definition) is 2. The first-order valence-corrected chi connectivity index (χ1v) is 5.28. The van der Waals surface area contributed by atoms with E-state index in [9.17, 15) is 4.39 Å². The summed E-state index contributed by atoms with van der Waals surface area (Å²) in [5.74, 6) is 0.427. The highest BCUT2D eigenvalue weighted by Crippen LogP contribution is 2.14. The van der Waals surface area contributed by atoms with Crippen LogP contribution in [-0.2, 0) is 6.54 Å². The molecule has 0 spiro atoms. The number of nitrogens with zero attached hydrogens (tertiary/aromatic N) is 1. The van der Waals surface area contributed by atoms with Gasteiger partial charge in [-0.05, 0) is 23.8 Å². The van der Waals surface area contributed by atoms with Gasteiger partial charge in [0.1, 0.15) is 5.82 Å². The molecule has 0 saturated heterocycles. The first kappa shape index (κ1) is 12.0. The molecule has 0 unspecified atom stereocenters. The van der Waals surface area contributed by atoms with Crippen molar-refractivity contribution >= 4 is 21.9 Å². The lowest BCUT2D eigenvalue weighted by Gasteiger charge is -2.08. The summed E-state index contributed by atoms with van der Waals surface area (Å²) in [6.07, 6.45) is 0. The van der Waals surface area contributed by atoms with Gasteiger partial charge in [0.2, 0.25) is 0 Å². The zero-order chi connectivity index (χ0) is 11.3. The lowest BCUT2D eigenvalue weighted by Crippen LogP contribution is -2.34. The molecular weight excluding hydrogens is 261 g/mol. The highest BCUT2D eigenvalue weighted by atomic mass is 79.9. The number of hydrogen-bond acceptors (Lipinski definition) is 1. The van der Waals surface area contributed by atoms with E-state index in [1.807, 2.05) is 6.07 Å². The summed E-state index contributed by atoms with van der Waals surface area (Å²) in [5.41, 5.74) is 0.860. The molecule has 82 valence electrons. The topological polar surface area (TPSA) is 36.4 Å². The lowest BCUT2D eigenvalue weighted by molar-refractivity contribution is 0.623. The third-order valence-electron chi connectivity index (χ3n) is 1.84. The van der Waals surface area contributed by atoms with Gasteiger partial charge in [-0.1, -0.05) is 15.9 Å². The van der Waals surface area contributed by atoms with Gasteiger partial charge >= 0.3 is 0 Å². The van der Waals surface area contributed by atoms with E-state index in [1.165, 1.54) is 12.1 Å². The highest BCUT2D eigenvalue weighted by molar-refractivity contribution is 9.10. The molecule has 1 aromatic rings. The molecule has 0 aliphatic carbocycles. The van der Waals surface area contributed by atoms with Crippen LogP contribution in [0.5, 0.6) is 0 Å². The van der Waals surface area contributed by atoms with Crippen LogP contribution in [0.2, 0.25) is 0 Å². The molecular formula is C10H13BrFN3. The Morgan fingerprint density at radius 3 is 2.73 bits per heavy atom. The number of halogens is 2. The molecule has 1 rings (SSSR count). The van der Waals surface area contributed by atoms with Gasteiger partial charge in [-0.2, -0.15) is 0 Å². The monoisotopic (exact) mass is 273 g/mol. The summed E-state index contributed by atoms with van der Waals surface area (Å²) in [6.45, 7) is 0.532. The summed E-state index contributed by atoms with van der Waals surface area (Å²) in [5, 5.41) is 5.93. The summed E-state index contributed by atoms with van der Waals surface area (Å²) in [7, 11) is 3.46. The Kier molecular flexibility index (Phi) is 4.55. The van der Waals surface area contributed by atoms with E-state index in [4.69, 9.17) is 0 Å². The van der Waals surface area contributed by atoms with Crippen molar-refractivity contribution in [2.75, 3.05) is 14.1 Å². The Bertz CT molecular complexity index is 345. The molecule has 0 aromatic heterocycles. The Labute approximate surface area is 96.9 Å². The first-order valence-electron chi connectivity index (χ1n) is 4.49. The maximum atomic E-state index is 13.0. The summed E-state index contributed by atoms with van der Waals surface area (Å²) in [4.78, 5) is 3.96. The van der Waals surface area contributed by atoms with Gasteiger partial charge in [0.25, 0.3) is 0 Å². The zero-order valence-electron chi connectivity index (χ0n) is 8.64. The molecule has 5 heteroatoms. The number of rotatable bonds is 2. The van der Waals surface area contributed by atoms with Crippen molar-refractivity contribution < 1.29 is 4.39 Å². The molecule has 1 aromatic carbocycles. The van der Waals surface area contributed by atoms with Crippen LogP contribution in [0.1, 0.15) is 5.56 Å². The third-order valence-corrected chi connectivity index (χ3v) is 2.30. The Balaban J connectivity index is 2.65. The fourth-order valence-corrected chi connectivity index (χ4v) is 1.69. The van der Waals surface area contributed by atoms with Crippen LogP contribution < -0.4 is 10.6 Å². The van der Waals surface area contributed by atoms with Gasteiger partial charge in [-0.15, -0.1) is 0 Å². The number of guanidine groups is 1. The van der Waals surface area contributed by atoms with Crippen molar-refractivity contribution in [3.63, 3.8) is 0 Å². The van der Waals surface area contributed by atoms with Crippen LogP contribution in [0.3, 0.4) is 0 Å². The minimum atomic E-state index is -0.249. The van der Waals surface area contributed by atoms with Crippen LogP contribution in [0, 0.1) is 5.82 Å². The molecule has 0 radical (unpaired) electrons. The molecule has 0 saturated carbocycles. The number of aliphatic imine (C=N–C) groups is 1. The first-order chi connectivity index (χ1) is 7.15. The Hall–Kier alpha value is -1.10. The summed E-state index contributed by atoms with van der Waals surface area (Å²) in [6, 6.07) is 4.77. The van der Waals surface area contributed by atoms with Crippen molar-refractivity contribution in [1.29, 1.82) is 0 Å². The molecule has 0 atom stereocenters. The number of nitrogens with one attached hydrogen (secondary N) is 2. The van der Waals surface area contributed by atoms with E-state index in [1.54, 1.807) is 14.1 Å². The van der Waals surface area contributed by atoms with Gasteiger partial charge in [0.05, 0.1) is 0 Å². The molecule has 3 nitrogen and oxygen atoms in total. The van der Waals surface area contributed by atoms with E-state index in [0.29, 0.717) is 12.5 Å². The van der Waals surface area contributed by atoms with Crippen molar-refractivity contribution in [2.45, 2.75) is 6.54 Å². The lowest BCUT2D eigenvalue weighted by atomic mass is 10.2. The second-order valence-electron chi connectivity index (χ2n) is 2.95. The molecule has 0 aliphatic heterocycles. The van der Waals surface area contributed by atoms with Gasteiger partial charge in [0.15, 0.2) is 5.96 Å². The Morgan fingerprint density at radius 2 is 2.20 bits per heavy atom. The van der Waals surface area contributed by atoms with Gasteiger partial charge in [0, 0.05) is 25.1 Å². The molecule has 15 heavy (non-hydrogen) atoms. The predicted molar refractivity (Wildman–Crippen MR) is 63.4 cm³/mol. The smallest absolute Gasteiger partial charge is 0.190 e. The average molecular weight is 274 g/mol. The normalized spacial score (nSPS) is 11.3. The molecule has 0 amide bonds. The van der Waals surface area contributed by atoms with Crippen molar-refractivity contribution in [2.24, 2.45) is 4.99 Å². The van der Waals surface area contributed by atoms with E-state index < -0.39 is 0 Å². The van der Waals surface area contributed by atoms with E-state index >= 15 is 0 Å². The summed E-state index contributed by atoms with van der Waals surface area (Å²) < 4.78 is 13.7. The maximum absolute atomic E-state index is 13.0. The fraction of sp³-hybridized carbons (Fsp3) is 0.300. The van der Waals surface area contributed by atoms with Gasteiger partial charge < -0.3 is 10.6 Å². The second kappa shape index (κ2) is 5.70. The predicted octanol–water partition coefficient (Wildman–Crippen LogP) is 1.88. The maximum Gasteiger partial charge on any atom is 0.190 e. The SMILES string of the molecule is CN=C(NC)NCc1cc(F)cc(Br)c1. The minimum absolute atomic E-state index is 0.249. The van der Waals surface area contributed by atoms with Crippen LogP contribution >= 0.6 is 15.9 Å². The zero-order valence-corrected chi connectivity index (χ0v) is 10.2. The Morgan fingerprint density at radius 1 is 1.47 bits per heavy atom. The van der Waals surface area contributed by atoms with Crippen molar-refractivity contribution in [3.8, 4) is 0 Å². The molecule has 0 fully saturated rings. The van der Waals surface area contributed by atoms with E-state index in [-0.39, 0.29) is 5.82 Å². The van der Waals surface area contributed by atoms with Gasteiger partial charge in [-0.3, -0.25) is 4.99 Å². The van der Waals surface area contributed by atoms with E-state index in [0.717, 1.165) is 10.0 Å². The second-order valence-corrected chi connectivity index (χ2v) is 3.87. The van der Waals surface area contributed by atoms with Crippen LogP contribution in [0.25, 0.3) is 0 Å². The number of benzene rings is 1. The van der Waals surface area contributed by atoms with Crippen LogP contribution in [0.4, 0.5) is 4.39 Å². The third kappa shape index (κ3) is 3.87. The van der Waals surface area contributed by atoms with Crippen molar-refractivity contribution in [3.05, 3.63) is 34.1 Å². The van der Waals surface area contributed by atoms with E-state index in [2.05, 4.69) is 31.6 Å². The quantitative estimate of drug-likeness (QED) is 0.638. The summed E-state index contributed by atoms with van der Waals surface area (Å²) >= 11 is 3.24. The molecule has 0 aliphatic rings. The molecule has 0 bridgehead atoms. The van der Waals surface area contributed by atoms with Crippen LogP contribution in [-0.4, -0.2) is 20.1 Å². The molecule has 0 heterocycles. The fourth-order valence-electron chi connectivity index (χ4n) is 1.18.